The number of hydrogen-bond acceptors (Lipinski definition) is 4. The van der Waals surface area contributed by atoms with E-state index in [9.17, 15) is 18.0 Å². The van der Waals surface area contributed by atoms with Gasteiger partial charge in [-0.05, 0) is 50.2 Å². The highest BCUT2D eigenvalue weighted by atomic mass is 35.5. The molecular formula is C19H21ClN2O4S. The van der Waals surface area contributed by atoms with Gasteiger partial charge in [0.2, 0.25) is 5.91 Å². The van der Waals surface area contributed by atoms with Crippen molar-refractivity contribution >= 4 is 38.9 Å². The lowest BCUT2D eigenvalue weighted by atomic mass is 10.1. The number of para-hydroxylation sites is 1. The third-order valence-corrected chi connectivity index (χ3v) is 5.62. The van der Waals surface area contributed by atoms with Gasteiger partial charge in [0, 0.05) is 17.5 Å². The van der Waals surface area contributed by atoms with E-state index >= 15 is 0 Å². The van der Waals surface area contributed by atoms with Gasteiger partial charge in [0.15, 0.2) is 9.84 Å². The molecule has 0 fully saturated rings. The van der Waals surface area contributed by atoms with E-state index in [2.05, 4.69) is 10.6 Å². The summed E-state index contributed by atoms with van der Waals surface area (Å²) < 4.78 is 24.6. The smallest absolute Gasteiger partial charge is 0.253 e. The summed E-state index contributed by atoms with van der Waals surface area (Å²) in [5, 5.41) is 5.80. The van der Waals surface area contributed by atoms with Crippen LogP contribution in [0.2, 0.25) is 5.02 Å². The van der Waals surface area contributed by atoms with E-state index in [4.69, 9.17) is 11.6 Å². The summed E-state index contributed by atoms with van der Waals surface area (Å²) in [4.78, 5) is 24.5. The van der Waals surface area contributed by atoms with E-state index in [-0.39, 0.29) is 29.0 Å². The molecule has 2 rings (SSSR count). The second-order valence-corrected chi connectivity index (χ2v) is 8.79. The van der Waals surface area contributed by atoms with Crippen molar-refractivity contribution in [1.29, 1.82) is 0 Å². The highest BCUT2D eigenvalue weighted by Crippen LogP contribution is 2.18. The average Bonchev–Trinajstić information content (AvgIpc) is 2.60. The van der Waals surface area contributed by atoms with Crippen molar-refractivity contribution in [2.45, 2.75) is 31.2 Å². The van der Waals surface area contributed by atoms with Crippen molar-refractivity contribution in [3.8, 4) is 0 Å². The number of hydrogen-bond donors (Lipinski definition) is 2. The number of halogens is 1. The van der Waals surface area contributed by atoms with Crippen LogP contribution in [0.4, 0.5) is 5.69 Å². The summed E-state index contributed by atoms with van der Waals surface area (Å²) in [5.74, 6) is -1.15. The molecule has 0 aliphatic carbocycles. The van der Waals surface area contributed by atoms with Gasteiger partial charge >= 0.3 is 0 Å². The molecule has 2 N–H and O–H groups in total. The molecule has 0 bridgehead atoms. The standard InChI is InChI=1S/C19H21ClN2O4S/c1-13(2)21-19(24)16-5-3-4-6-17(16)22-18(23)11-12-27(25,26)15-9-7-14(20)8-10-15/h3-10,13H,11-12H2,1-2H3,(H,21,24)(H,22,23). The van der Waals surface area contributed by atoms with Gasteiger partial charge in [-0.3, -0.25) is 9.59 Å². The monoisotopic (exact) mass is 408 g/mol. The molecule has 0 atom stereocenters. The first-order valence-corrected chi connectivity index (χ1v) is 10.4. The first-order valence-electron chi connectivity index (χ1n) is 8.37. The molecule has 144 valence electrons. The zero-order chi connectivity index (χ0) is 20.0. The van der Waals surface area contributed by atoms with Crippen molar-refractivity contribution in [2.24, 2.45) is 0 Å². The Morgan fingerprint density at radius 3 is 2.30 bits per heavy atom. The molecule has 0 unspecified atom stereocenters. The summed E-state index contributed by atoms with van der Waals surface area (Å²) in [6.07, 6.45) is -0.231. The molecule has 0 spiro atoms. The summed E-state index contributed by atoms with van der Waals surface area (Å²) in [5.41, 5.74) is 0.657. The molecule has 0 aliphatic rings. The molecule has 0 aromatic heterocycles. The summed E-state index contributed by atoms with van der Waals surface area (Å²) in [6, 6.07) is 12.3. The Bertz CT molecular complexity index is 925. The summed E-state index contributed by atoms with van der Waals surface area (Å²) in [7, 11) is -3.61. The molecule has 6 nitrogen and oxygen atoms in total. The Kier molecular flexibility index (Phi) is 6.98. The first-order chi connectivity index (χ1) is 12.7. The minimum Gasteiger partial charge on any atom is -0.350 e. The second kappa shape index (κ2) is 9.01. The van der Waals surface area contributed by atoms with Gasteiger partial charge in [0.05, 0.1) is 21.9 Å². The lowest BCUT2D eigenvalue weighted by Gasteiger charge is -2.13. The SMILES string of the molecule is CC(C)NC(=O)c1ccccc1NC(=O)CCS(=O)(=O)c1ccc(Cl)cc1. The minimum absolute atomic E-state index is 0.0502. The molecule has 2 aromatic carbocycles. The van der Waals surface area contributed by atoms with Crippen LogP contribution in [-0.2, 0) is 14.6 Å². The number of benzene rings is 2. The fraction of sp³-hybridized carbons (Fsp3) is 0.263. The van der Waals surface area contributed by atoms with Crippen LogP contribution < -0.4 is 10.6 Å². The molecule has 0 aliphatic heterocycles. The quantitative estimate of drug-likeness (QED) is 0.735. The topological polar surface area (TPSA) is 92.3 Å². The zero-order valence-corrected chi connectivity index (χ0v) is 16.6. The van der Waals surface area contributed by atoms with E-state index in [1.807, 2.05) is 13.8 Å². The minimum atomic E-state index is -3.61. The van der Waals surface area contributed by atoms with Gasteiger partial charge < -0.3 is 10.6 Å². The van der Waals surface area contributed by atoms with Crippen molar-refractivity contribution < 1.29 is 18.0 Å². The van der Waals surface area contributed by atoms with Crippen LogP contribution in [-0.4, -0.2) is 32.0 Å². The third kappa shape index (κ3) is 6.08. The van der Waals surface area contributed by atoms with E-state index < -0.39 is 15.7 Å². The van der Waals surface area contributed by atoms with Gasteiger partial charge in [-0.1, -0.05) is 23.7 Å². The Labute approximate surface area is 163 Å². The molecule has 8 heteroatoms. The highest BCUT2D eigenvalue weighted by molar-refractivity contribution is 7.91. The Hall–Kier alpha value is -2.38. The van der Waals surface area contributed by atoms with Crippen LogP contribution in [0.1, 0.15) is 30.6 Å². The van der Waals surface area contributed by atoms with Crippen molar-refractivity contribution in [3.05, 3.63) is 59.1 Å². The van der Waals surface area contributed by atoms with Crippen LogP contribution in [0.5, 0.6) is 0 Å². The van der Waals surface area contributed by atoms with Gasteiger partial charge in [0.1, 0.15) is 0 Å². The third-order valence-electron chi connectivity index (χ3n) is 3.64. The number of sulfone groups is 1. The number of carbonyl (C=O) groups is 2. The maximum absolute atomic E-state index is 12.3. The Morgan fingerprint density at radius 2 is 1.67 bits per heavy atom. The number of amides is 2. The number of rotatable bonds is 7. The predicted octanol–water partition coefficient (Wildman–Crippen LogP) is 3.28. The lowest BCUT2D eigenvalue weighted by molar-refractivity contribution is -0.115. The average molecular weight is 409 g/mol. The maximum atomic E-state index is 12.3. The van der Waals surface area contributed by atoms with Crippen LogP contribution in [0, 0.1) is 0 Å². The molecule has 27 heavy (non-hydrogen) atoms. The fourth-order valence-electron chi connectivity index (χ4n) is 2.33. The number of anilines is 1. The summed E-state index contributed by atoms with van der Waals surface area (Å²) in [6.45, 7) is 3.67. The normalized spacial score (nSPS) is 11.3. The first kappa shape index (κ1) is 20.9. The number of carbonyl (C=O) groups excluding carboxylic acids is 2. The molecular weight excluding hydrogens is 388 g/mol. The largest absolute Gasteiger partial charge is 0.350 e. The van der Waals surface area contributed by atoms with E-state index in [0.717, 1.165) is 0 Å². The van der Waals surface area contributed by atoms with Gasteiger partial charge in [0.25, 0.3) is 5.91 Å². The molecule has 0 saturated heterocycles. The lowest BCUT2D eigenvalue weighted by Crippen LogP contribution is -2.31. The molecule has 0 saturated carbocycles. The summed E-state index contributed by atoms with van der Waals surface area (Å²) >= 11 is 5.76. The van der Waals surface area contributed by atoms with Crippen LogP contribution >= 0.6 is 11.6 Å². The molecule has 2 aromatic rings. The van der Waals surface area contributed by atoms with Crippen molar-refractivity contribution in [3.63, 3.8) is 0 Å². The Morgan fingerprint density at radius 1 is 1.04 bits per heavy atom. The van der Waals surface area contributed by atoms with Crippen molar-refractivity contribution in [2.75, 3.05) is 11.1 Å². The van der Waals surface area contributed by atoms with Crippen molar-refractivity contribution in [1.82, 2.24) is 5.32 Å². The molecule has 0 radical (unpaired) electrons. The van der Waals surface area contributed by atoms with E-state index in [0.29, 0.717) is 16.3 Å². The van der Waals surface area contributed by atoms with Gasteiger partial charge in [-0.2, -0.15) is 0 Å². The predicted molar refractivity (Wildman–Crippen MR) is 106 cm³/mol. The highest BCUT2D eigenvalue weighted by Gasteiger charge is 2.18. The van der Waals surface area contributed by atoms with E-state index in [1.165, 1.54) is 24.3 Å². The van der Waals surface area contributed by atoms with Gasteiger partial charge in [-0.25, -0.2) is 8.42 Å². The Balaban J connectivity index is 2.04. The van der Waals surface area contributed by atoms with Crippen LogP contribution in [0.3, 0.4) is 0 Å². The van der Waals surface area contributed by atoms with Crippen LogP contribution in [0.15, 0.2) is 53.4 Å². The van der Waals surface area contributed by atoms with Gasteiger partial charge in [-0.15, -0.1) is 0 Å². The van der Waals surface area contributed by atoms with Crippen LogP contribution in [0.25, 0.3) is 0 Å². The zero-order valence-electron chi connectivity index (χ0n) is 15.0. The number of nitrogens with one attached hydrogen (secondary N) is 2. The molecule has 2 amide bonds. The molecule has 0 heterocycles. The fourth-order valence-corrected chi connectivity index (χ4v) is 3.70. The van der Waals surface area contributed by atoms with E-state index in [1.54, 1.807) is 24.3 Å². The second-order valence-electron chi connectivity index (χ2n) is 6.24. The maximum Gasteiger partial charge on any atom is 0.253 e.